The Kier molecular flexibility index (Phi) is 7.01. The van der Waals surface area contributed by atoms with Crippen molar-refractivity contribution in [1.82, 2.24) is 10.2 Å². The van der Waals surface area contributed by atoms with Crippen molar-refractivity contribution in [3.8, 4) is 6.07 Å². The van der Waals surface area contributed by atoms with Crippen molar-refractivity contribution in [2.75, 3.05) is 44.2 Å². The molecular formula is C26H30N4O. The Morgan fingerprint density at radius 1 is 1.00 bits per heavy atom. The van der Waals surface area contributed by atoms with E-state index in [0.29, 0.717) is 0 Å². The number of carbonyl (C=O) groups is 1. The van der Waals surface area contributed by atoms with Crippen molar-refractivity contribution in [2.45, 2.75) is 25.7 Å². The zero-order valence-electron chi connectivity index (χ0n) is 18.0. The molecule has 1 aliphatic heterocycles. The number of carbonyl (C=O) groups excluding carboxylic acids is 1. The molecule has 1 aliphatic carbocycles. The largest absolute Gasteiger partial charge is 0.369 e. The van der Waals surface area contributed by atoms with Crippen LogP contribution in [0.1, 0.15) is 36.0 Å². The lowest BCUT2D eigenvalue weighted by Gasteiger charge is -2.36. The standard InChI is InChI=1S/C26H30N4O/c27-20-21-6-5-9-25(18-21)30-16-14-29(15-17-30)13-4-3-12-28-26(31)24-11-10-22-7-1-2-8-23(22)19-24/h1-2,5-9,18-19H,3-4,10-17H2,(H,28,31). The first-order valence-corrected chi connectivity index (χ1v) is 11.3. The Hall–Kier alpha value is -3.10. The van der Waals surface area contributed by atoms with Crippen LogP contribution >= 0.6 is 0 Å². The van der Waals surface area contributed by atoms with Crippen molar-refractivity contribution >= 4 is 17.7 Å². The Morgan fingerprint density at radius 3 is 2.68 bits per heavy atom. The van der Waals surface area contributed by atoms with Gasteiger partial charge >= 0.3 is 0 Å². The van der Waals surface area contributed by atoms with E-state index in [4.69, 9.17) is 5.26 Å². The van der Waals surface area contributed by atoms with Crippen molar-refractivity contribution in [2.24, 2.45) is 0 Å². The third-order valence-electron chi connectivity index (χ3n) is 6.24. The van der Waals surface area contributed by atoms with Gasteiger partial charge in [0.25, 0.3) is 0 Å². The summed E-state index contributed by atoms with van der Waals surface area (Å²) in [7, 11) is 0. The monoisotopic (exact) mass is 414 g/mol. The summed E-state index contributed by atoms with van der Waals surface area (Å²) in [5.74, 6) is 0.0858. The molecule has 0 spiro atoms. The number of anilines is 1. The minimum atomic E-state index is 0.0858. The molecule has 5 heteroatoms. The first kappa shape index (κ1) is 21.1. The fourth-order valence-electron chi connectivity index (χ4n) is 4.39. The number of benzene rings is 2. The molecule has 4 rings (SSSR count). The highest BCUT2D eigenvalue weighted by Crippen LogP contribution is 2.23. The average molecular weight is 415 g/mol. The van der Waals surface area contributed by atoms with Crippen molar-refractivity contribution in [3.05, 3.63) is 70.8 Å². The van der Waals surface area contributed by atoms with Crippen LogP contribution in [-0.2, 0) is 11.2 Å². The molecule has 5 nitrogen and oxygen atoms in total. The number of nitrogens with one attached hydrogen (secondary N) is 1. The fourth-order valence-corrected chi connectivity index (χ4v) is 4.39. The number of aryl methyl sites for hydroxylation is 1. The lowest BCUT2D eigenvalue weighted by molar-refractivity contribution is -0.117. The van der Waals surface area contributed by atoms with E-state index in [1.54, 1.807) is 0 Å². The predicted octanol–water partition coefficient (Wildman–Crippen LogP) is 3.61. The molecule has 0 radical (unpaired) electrons. The molecule has 1 amide bonds. The maximum absolute atomic E-state index is 12.5. The normalized spacial score (nSPS) is 16.2. The fraction of sp³-hybridized carbons (Fsp3) is 0.385. The van der Waals surface area contributed by atoms with E-state index in [2.05, 4.69) is 45.5 Å². The van der Waals surface area contributed by atoms with Gasteiger partial charge in [0.1, 0.15) is 0 Å². The molecule has 1 heterocycles. The van der Waals surface area contributed by atoms with E-state index in [-0.39, 0.29) is 5.91 Å². The van der Waals surface area contributed by atoms with E-state index >= 15 is 0 Å². The SMILES string of the molecule is N#Cc1cccc(N2CCN(CCCCNC(=O)C3=Cc4ccccc4CC3)CC2)c1. The molecule has 0 unspecified atom stereocenters. The Morgan fingerprint density at radius 2 is 1.84 bits per heavy atom. The molecule has 0 saturated carbocycles. The zero-order valence-corrected chi connectivity index (χ0v) is 18.0. The van der Waals surface area contributed by atoms with Gasteiger partial charge < -0.3 is 10.2 Å². The topological polar surface area (TPSA) is 59.4 Å². The second-order valence-electron chi connectivity index (χ2n) is 8.32. The number of nitrogens with zero attached hydrogens (tertiary/aromatic N) is 3. The van der Waals surface area contributed by atoms with Crippen LogP contribution in [0.25, 0.3) is 6.08 Å². The molecule has 2 aromatic rings. The number of piperazine rings is 1. The molecule has 160 valence electrons. The number of rotatable bonds is 7. The zero-order chi connectivity index (χ0) is 21.5. The van der Waals surface area contributed by atoms with Gasteiger partial charge in [0.15, 0.2) is 0 Å². The first-order valence-electron chi connectivity index (χ1n) is 11.3. The van der Waals surface area contributed by atoms with Gasteiger partial charge in [-0.3, -0.25) is 9.69 Å². The number of hydrogen-bond acceptors (Lipinski definition) is 4. The van der Waals surface area contributed by atoms with Crippen LogP contribution in [0.2, 0.25) is 0 Å². The highest BCUT2D eigenvalue weighted by atomic mass is 16.1. The summed E-state index contributed by atoms with van der Waals surface area (Å²) in [6, 6.07) is 18.4. The van der Waals surface area contributed by atoms with Crippen molar-refractivity contribution in [3.63, 3.8) is 0 Å². The van der Waals surface area contributed by atoms with E-state index in [0.717, 1.165) is 81.8 Å². The van der Waals surface area contributed by atoms with E-state index in [1.165, 1.54) is 11.1 Å². The van der Waals surface area contributed by atoms with E-state index < -0.39 is 0 Å². The summed E-state index contributed by atoms with van der Waals surface area (Å²) in [5.41, 5.74) is 5.26. The molecule has 2 aromatic carbocycles. The Bertz CT molecular complexity index is 983. The molecule has 0 bridgehead atoms. The van der Waals surface area contributed by atoms with Gasteiger partial charge in [-0.25, -0.2) is 0 Å². The van der Waals surface area contributed by atoms with Crippen LogP contribution < -0.4 is 10.2 Å². The molecule has 2 aliphatic rings. The van der Waals surface area contributed by atoms with Crippen LogP contribution in [0.4, 0.5) is 5.69 Å². The number of nitriles is 1. The minimum Gasteiger partial charge on any atom is -0.369 e. The molecular weight excluding hydrogens is 384 g/mol. The van der Waals surface area contributed by atoms with Crippen LogP contribution in [0.15, 0.2) is 54.1 Å². The number of amides is 1. The van der Waals surface area contributed by atoms with Gasteiger partial charge in [-0.2, -0.15) is 5.26 Å². The highest BCUT2D eigenvalue weighted by molar-refractivity contribution is 5.98. The smallest absolute Gasteiger partial charge is 0.247 e. The average Bonchev–Trinajstić information content (AvgIpc) is 2.84. The van der Waals surface area contributed by atoms with Gasteiger partial charge in [-0.15, -0.1) is 0 Å². The molecule has 31 heavy (non-hydrogen) atoms. The first-order chi connectivity index (χ1) is 15.2. The van der Waals surface area contributed by atoms with Gasteiger partial charge in [0.05, 0.1) is 11.6 Å². The highest BCUT2D eigenvalue weighted by Gasteiger charge is 2.18. The second kappa shape index (κ2) is 10.3. The molecule has 1 fully saturated rings. The van der Waals surface area contributed by atoms with Gasteiger partial charge in [0, 0.05) is 44.0 Å². The number of fused-ring (bicyclic) bond motifs is 1. The summed E-state index contributed by atoms with van der Waals surface area (Å²) in [6.45, 7) is 5.85. The van der Waals surface area contributed by atoms with Crippen LogP contribution in [0, 0.1) is 11.3 Å². The van der Waals surface area contributed by atoms with Crippen LogP contribution in [-0.4, -0.2) is 50.1 Å². The maximum Gasteiger partial charge on any atom is 0.247 e. The summed E-state index contributed by atoms with van der Waals surface area (Å²) in [6.07, 6.45) is 5.90. The van der Waals surface area contributed by atoms with Crippen LogP contribution in [0.5, 0.6) is 0 Å². The van der Waals surface area contributed by atoms with Crippen LogP contribution in [0.3, 0.4) is 0 Å². The molecule has 1 saturated heterocycles. The van der Waals surface area contributed by atoms with Crippen molar-refractivity contribution < 1.29 is 4.79 Å². The number of unbranched alkanes of at least 4 members (excludes halogenated alkanes) is 1. The molecule has 1 N–H and O–H groups in total. The Balaban J connectivity index is 1.13. The molecule has 0 atom stereocenters. The van der Waals surface area contributed by atoms with E-state index in [1.807, 2.05) is 30.3 Å². The summed E-state index contributed by atoms with van der Waals surface area (Å²) >= 11 is 0. The summed E-state index contributed by atoms with van der Waals surface area (Å²) in [5, 5.41) is 12.2. The lowest BCUT2D eigenvalue weighted by atomic mass is 9.92. The maximum atomic E-state index is 12.5. The van der Waals surface area contributed by atoms with Gasteiger partial charge in [-0.1, -0.05) is 30.3 Å². The minimum absolute atomic E-state index is 0.0858. The number of hydrogen-bond donors (Lipinski definition) is 1. The third-order valence-corrected chi connectivity index (χ3v) is 6.24. The van der Waals surface area contributed by atoms with Gasteiger partial charge in [-0.05, 0) is 67.6 Å². The molecule has 0 aromatic heterocycles. The van der Waals surface area contributed by atoms with E-state index in [9.17, 15) is 4.79 Å². The van der Waals surface area contributed by atoms with Gasteiger partial charge in [0.2, 0.25) is 5.91 Å². The summed E-state index contributed by atoms with van der Waals surface area (Å²) < 4.78 is 0. The Labute approximate surface area is 185 Å². The van der Waals surface area contributed by atoms with Crippen molar-refractivity contribution in [1.29, 1.82) is 5.26 Å². The second-order valence-corrected chi connectivity index (χ2v) is 8.32. The quantitative estimate of drug-likeness (QED) is 0.703. The summed E-state index contributed by atoms with van der Waals surface area (Å²) in [4.78, 5) is 17.3. The predicted molar refractivity (Wildman–Crippen MR) is 125 cm³/mol. The third kappa shape index (κ3) is 5.53. The lowest BCUT2D eigenvalue weighted by Crippen LogP contribution is -2.46.